The topological polar surface area (TPSA) is 29.5 Å². The van der Waals surface area contributed by atoms with Crippen molar-refractivity contribution in [2.45, 2.75) is 19.8 Å². The summed E-state index contributed by atoms with van der Waals surface area (Å²) in [6, 6.07) is 14.8. The molecular weight excluding hydrogens is 306 g/mol. The van der Waals surface area contributed by atoms with Crippen LogP contribution in [0.25, 0.3) is 5.57 Å². The van der Waals surface area contributed by atoms with Crippen LogP contribution in [0, 0.1) is 0 Å². The van der Waals surface area contributed by atoms with Gasteiger partial charge in [-0.1, -0.05) is 42.0 Å². The summed E-state index contributed by atoms with van der Waals surface area (Å²) in [6.45, 7) is 3.74. The van der Waals surface area contributed by atoms with E-state index in [9.17, 15) is 4.79 Å². The van der Waals surface area contributed by atoms with Crippen LogP contribution in [0.3, 0.4) is 0 Å². The fourth-order valence-electron chi connectivity index (χ4n) is 2.97. The number of ether oxygens (including phenoxy) is 1. The molecule has 0 spiro atoms. The van der Waals surface area contributed by atoms with Gasteiger partial charge in [-0.05, 0) is 42.3 Å². The highest BCUT2D eigenvalue weighted by molar-refractivity contribution is 7.11. The maximum atomic E-state index is 11.9. The van der Waals surface area contributed by atoms with Gasteiger partial charge in [-0.15, -0.1) is 11.3 Å². The number of hydrogen-bond donors (Lipinski definition) is 0. The van der Waals surface area contributed by atoms with E-state index in [1.807, 2.05) is 17.9 Å². The highest BCUT2D eigenvalue weighted by atomic mass is 32.1. The number of thiophene rings is 1. The van der Waals surface area contributed by atoms with E-state index in [4.69, 9.17) is 4.74 Å². The van der Waals surface area contributed by atoms with Gasteiger partial charge in [0.05, 0.1) is 6.61 Å². The molecule has 1 aliphatic rings. The summed E-state index contributed by atoms with van der Waals surface area (Å²) < 4.78 is 5.11. The Balaban J connectivity index is 1.86. The molecule has 4 heteroatoms. The van der Waals surface area contributed by atoms with Crippen molar-refractivity contribution < 1.29 is 9.53 Å². The molecule has 3 rings (SSSR count). The standard InChI is InChI=1S/C19H21NO2S/c1-2-22-19(21)20-12-10-16(11-13-20)18(17-9-6-14-23-17)15-7-4-3-5-8-15/h3-9,14H,2,10-13H2,1H3. The second-order valence-electron chi connectivity index (χ2n) is 5.51. The summed E-state index contributed by atoms with van der Waals surface area (Å²) in [6.07, 6.45) is 1.62. The van der Waals surface area contributed by atoms with E-state index in [0.717, 1.165) is 25.9 Å². The minimum absolute atomic E-state index is 0.191. The number of benzene rings is 1. The molecule has 2 aromatic rings. The molecule has 0 saturated carbocycles. The fraction of sp³-hybridized carbons (Fsp3) is 0.316. The van der Waals surface area contributed by atoms with Gasteiger partial charge in [0.15, 0.2) is 0 Å². The van der Waals surface area contributed by atoms with Crippen molar-refractivity contribution in [1.29, 1.82) is 0 Å². The first kappa shape index (κ1) is 15.8. The average molecular weight is 327 g/mol. The monoisotopic (exact) mass is 327 g/mol. The zero-order valence-corrected chi connectivity index (χ0v) is 14.1. The van der Waals surface area contributed by atoms with Crippen molar-refractivity contribution in [2.24, 2.45) is 0 Å². The number of amides is 1. The molecule has 1 aromatic heterocycles. The van der Waals surface area contributed by atoms with Crippen LogP contribution in [0.1, 0.15) is 30.2 Å². The van der Waals surface area contributed by atoms with Crippen molar-refractivity contribution in [1.82, 2.24) is 4.90 Å². The van der Waals surface area contributed by atoms with Crippen LogP contribution < -0.4 is 0 Å². The smallest absolute Gasteiger partial charge is 0.409 e. The van der Waals surface area contributed by atoms with E-state index >= 15 is 0 Å². The van der Waals surface area contributed by atoms with Crippen LogP contribution >= 0.6 is 11.3 Å². The number of rotatable bonds is 3. The van der Waals surface area contributed by atoms with Gasteiger partial charge in [-0.3, -0.25) is 0 Å². The predicted molar refractivity (Wildman–Crippen MR) is 94.6 cm³/mol. The van der Waals surface area contributed by atoms with Gasteiger partial charge in [0.25, 0.3) is 0 Å². The highest BCUT2D eigenvalue weighted by Crippen LogP contribution is 2.34. The molecule has 120 valence electrons. The van der Waals surface area contributed by atoms with Gasteiger partial charge in [0.2, 0.25) is 0 Å². The van der Waals surface area contributed by atoms with E-state index in [-0.39, 0.29) is 6.09 Å². The Bertz CT molecular complexity index is 667. The number of piperidine rings is 1. The van der Waals surface area contributed by atoms with Crippen LogP contribution in [0.2, 0.25) is 0 Å². The lowest BCUT2D eigenvalue weighted by Crippen LogP contribution is -2.37. The van der Waals surface area contributed by atoms with E-state index in [1.54, 1.807) is 11.3 Å². The Labute approximate surface area is 141 Å². The molecule has 0 aliphatic carbocycles. The summed E-state index contributed by atoms with van der Waals surface area (Å²) in [4.78, 5) is 15.0. The second kappa shape index (κ2) is 7.47. The Morgan fingerprint density at radius 3 is 2.48 bits per heavy atom. The lowest BCUT2D eigenvalue weighted by Gasteiger charge is -2.29. The van der Waals surface area contributed by atoms with Gasteiger partial charge < -0.3 is 9.64 Å². The summed E-state index contributed by atoms with van der Waals surface area (Å²) in [5.41, 5.74) is 4.03. The quantitative estimate of drug-likeness (QED) is 0.810. The first-order chi connectivity index (χ1) is 11.3. The molecule has 0 radical (unpaired) electrons. The molecule has 1 saturated heterocycles. The molecular formula is C19H21NO2S. The zero-order chi connectivity index (χ0) is 16.1. The van der Waals surface area contributed by atoms with Gasteiger partial charge in [0.1, 0.15) is 0 Å². The van der Waals surface area contributed by atoms with Crippen molar-refractivity contribution in [2.75, 3.05) is 19.7 Å². The first-order valence-corrected chi connectivity index (χ1v) is 8.90. The molecule has 3 nitrogen and oxygen atoms in total. The molecule has 1 fully saturated rings. The third-order valence-corrected chi connectivity index (χ3v) is 4.96. The minimum atomic E-state index is -0.191. The molecule has 0 N–H and O–H groups in total. The van der Waals surface area contributed by atoms with E-state index < -0.39 is 0 Å². The van der Waals surface area contributed by atoms with E-state index in [2.05, 4.69) is 41.8 Å². The van der Waals surface area contributed by atoms with Crippen LogP contribution in [0.5, 0.6) is 0 Å². The molecule has 0 bridgehead atoms. The molecule has 2 heterocycles. The lowest BCUT2D eigenvalue weighted by atomic mass is 9.92. The van der Waals surface area contributed by atoms with Crippen molar-refractivity contribution in [3.8, 4) is 0 Å². The predicted octanol–water partition coefficient (Wildman–Crippen LogP) is 4.80. The Morgan fingerprint density at radius 2 is 1.87 bits per heavy atom. The Kier molecular flexibility index (Phi) is 5.13. The van der Waals surface area contributed by atoms with Crippen LogP contribution in [-0.4, -0.2) is 30.7 Å². The van der Waals surface area contributed by atoms with Crippen LogP contribution in [0.15, 0.2) is 53.4 Å². The summed E-state index contributed by atoms with van der Waals surface area (Å²) in [5, 5.41) is 2.12. The maximum absolute atomic E-state index is 11.9. The van der Waals surface area contributed by atoms with Crippen LogP contribution in [-0.2, 0) is 4.74 Å². The van der Waals surface area contributed by atoms with Gasteiger partial charge in [-0.25, -0.2) is 4.79 Å². The number of likely N-dealkylation sites (tertiary alicyclic amines) is 1. The molecule has 1 amide bonds. The molecule has 23 heavy (non-hydrogen) atoms. The Morgan fingerprint density at radius 1 is 1.13 bits per heavy atom. The van der Waals surface area contributed by atoms with E-state index in [1.165, 1.54) is 21.6 Å². The summed E-state index contributed by atoms with van der Waals surface area (Å²) >= 11 is 1.77. The van der Waals surface area contributed by atoms with Crippen molar-refractivity contribution >= 4 is 23.0 Å². The van der Waals surface area contributed by atoms with E-state index in [0.29, 0.717) is 6.61 Å². The number of carbonyl (C=O) groups excluding carboxylic acids is 1. The fourth-order valence-corrected chi connectivity index (χ4v) is 3.81. The SMILES string of the molecule is CCOC(=O)N1CCC(=C(c2ccccc2)c2cccs2)CC1. The summed E-state index contributed by atoms with van der Waals surface area (Å²) in [7, 11) is 0. The van der Waals surface area contributed by atoms with Crippen LogP contribution in [0.4, 0.5) is 4.79 Å². The third-order valence-electron chi connectivity index (χ3n) is 4.08. The number of nitrogens with zero attached hydrogens (tertiary/aromatic N) is 1. The second-order valence-corrected chi connectivity index (χ2v) is 6.46. The molecule has 1 aliphatic heterocycles. The molecule has 0 atom stereocenters. The number of hydrogen-bond acceptors (Lipinski definition) is 3. The normalized spacial score (nSPS) is 14.7. The summed E-state index contributed by atoms with van der Waals surface area (Å²) in [5.74, 6) is 0. The minimum Gasteiger partial charge on any atom is -0.450 e. The van der Waals surface area contributed by atoms with Crippen molar-refractivity contribution in [3.05, 3.63) is 63.9 Å². The van der Waals surface area contributed by atoms with Crippen molar-refractivity contribution in [3.63, 3.8) is 0 Å². The van der Waals surface area contributed by atoms with Gasteiger partial charge in [-0.2, -0.15) is 0 Å². The first-order valence-electron chi connectivity index (χ1n) is 8.02. The van der Waals surface area contributed by atoms with Gasteiger partial charge >= 0.3 is 6.09 Å². The molecule has 0 unspecified atom stereocenters. The average Bonchev–Trinajstić information content (AvgIpc) is 3.11. The molecule has 1 aromatic carbocycles. The van der Waals surface area contributed by atoms with Gasteiger partial charge in [0, 0.05) is 18.0 Å². The highest BCUT2D eigenvalue weighted by Gasteiger charge is 2.23. The Hall–Kier alpha value is -2.07. The lowest BCUT2D eigenvalue weighted by molar-refractivity contribution is 0.104. The zero-order valence-electron chi connectivity index (χ0n) is 13.3. The maximum Gasteiger partial charge on any atom is 0.409 e. The largest absolute Gasteiger partial charge is 0.450 e. The third kappa shape index (κ3) is 3.64. The number of carbonyl (C=O) groups is 1.